The molecule has 0 atom stereocenters. The lowest BCUT2D eigenvalue weighted by molar-refractivity contribution is 0.628. The van der Waals surface area contributed by atoms with E-state index in [1.165, 1.54) is 12.1 Å². The second kappa shape index (κ2) is 5.00. The van der Waals surface area contributed by atoms with Gasteiger partial charge >= 0.3 is 0 Å². The monoisotopic (exact) mass is 360 g/mol. The SMILES string of the molecule is Fc1ccc(-c2nc(Cl)c(Br)c(C3CC3)n2)cc1Cl. The molecular formula is C13H8BrCl2FN2. The first-order valence-corrected chi connectivity index (χ1v) is 7.29. The van der Waals surface area contributed by atoms with E-state index in [0.29, 0.717) is 22.5 Å². The summed E-state index contributed by atoms with van der Waals surface area (Å²) in [7, 11) is 0. The van der Waals surface area contributed by atoms with Gasteiger partial charge in [-0.2, -0.15) is 0 Å². The van der Waals surface area contributed by atoms with Gasteiger partial charge in [0.15, 0.2) is 5.82 Å². The zero-order valence-corrected chi connectivity index (χ0v) is 12.7. The van der Waals surface area contributed by atoms with E-state index >= 15 is 0 Å². The van der Waals surface area contributed by atoms with Gasteiger partial charge in [-0.05, 0) is 47.0 Å². The summed E-state index contributed by atoms with van der Waals surface area (Å²) in [4.78, 5) is 8.72. The van der Waals surface area contributed by atoms with E-state index < -0.39 is 5.82 Å². The topological polar surface area (TPSA) is 25.8 Å². The number of rotatable bonds is 2. The van der Waals surface area contributed by atoms with E-state index in [1.807, 2.05) is 0 Å². The molecule has 0 N–H and O–H groups in total. The predicted octanol–water partition coefficient (Wildman–Crippen LogP) is 5.23. The maximum absolute atomic E-state index is 13.2. The lowest BCUT2D eigenvalue weighted by Crippen LogP contribution is -1.97. The lowest BCUT2D eigenvalue weighted by atomic mass is 10.2. The second-order valence-corrected chi connectivity index (χ2v) is 6.00. The van der Waals surface area contributed by atoms with E-state index in [1.54, 1.807) is 6.07 Å². The molecule has 1 heterocycles. The third-order valence-corrected chi connectivity index (χ3v) is 4.55. The molecule has 0 aliphatic heterocycles. The summed E-state index contributed by atoms with van der Waals surface area (Å²) < 4.78 is 13.9. The van der Waals surface area contributed by atoms with Crippen molar-refractivity contribution < 1.29 is 4.39 Å². The quantitative estimate of drug-likeness (QED) is 0.684. The highest BCUT2D eigenvalue weighted by Gasteiger charge is 2.29. The van der Waals surface area contributed by atoms with E-state index in [0.717, 1.165) is 23.0 Å². The molecule has 1 aliphatic rings. The van der Waals surface area contributed by atoms with Gasteiger partial charge in [0.2, 0.25) is 0 Å². The first-order valence-electron chi connectivity index (χ1n) is 5.74. The lowest BCUT2D eigenvalue weighted by Gasteiger charge is -2.08. The van der Waals surface area contributed by atoms with Crippen LogP contribution in [0.15, 0.2) is 22.7 Å². The number of aromatic nitrogens is 2. The number of hydrogen-bond donors (Lipinski definition) is 0. The van der Waals surface area contributed by atoms with Gasteiger partial charge in [0.1, 0.15) is 11.0 Å². The van der Waals surface area contributed by atoms with Crippen molar-refractivity contribution in [3.63, 3.8) is 0 Å². The normalized spacial score (nSPS) is 14.7. The van der Waals surface area contributed by atoms with Gasteiger partial charge in [0.25, 0.3) is 0 Å². The molecule has 19 heavy (non-hydrogen) atoms. The molecule has 0 radical (unpaired) electrons. The smallest absolute Gasteiger partial charge is 0.161 e. The molecule has 0 bridgehead atoms. The highest BCUT2D eigenvalue weighted by molar-refractivity contribution is 9.10. The largest absolute Gasteiger partial charge is 0.231 e. The van der Waals surface area contributed by atoms with Crippen molar-refractivity contribution in [2.75, 3.05) is 0 Å². The zero-order valence-electron chi connectivity index (χ0n) is 9.63. The molecule has 1 aromatic carbocycles. The van der Waals surface area contributed by atoms with Crippen LogP contribution in [0.4, 0.5) is 4.39 Å². The van der Waals surface area contributed by atoms with Crippen molar-refractivity contribution >= 4 is 39.1 Å². The fourth-order valence-electron chi connectivity index (χ4n) is 1.83. The summed E-state index contributed by atoms with van der Waals surface area (Å²) in [5.74, 6) is 0.442. The average molecular weight is 362 g/mol. The van der Waals surface area contributed by atoms with Crippen LogP contribution < -0.4 is 0 Å². The molecule has 1 aliphatic carbocycles. The molecule has 0 saturated heterocycles. The van der Waals surface area contributed by atoms with Crippen molar-refractivity contribution in [2.45, 2.75) is 18.8 Å². The van der Waals surface area contributed by atoms with E-state index in [9.17, 15) is 4.39 Å². The predicted molar refractivity (Wildman–Crippen MR) is 77.1 cm³/mol. The Morgan fingerprint density at radius 2 is 1.95 bits per heavy atom. The molecule has 98 valence electrons. The Kier molecular flexibility index (Phi) is 3.50. The van der Waals surface area contributed by atoms with Crippen molar-refractivity contribution in [2.24, 2.45) is 0 Å². The van der Waals surface area contributed by atoms with Crippen LogP contribution in [0.3, 0.4) is 0 Å². The maximum atomic E-state index is 13.2. The second-order valence-electron chi connectivity index (χ2n) is 4.44. The van der Waals surface area contributed by atoms with Crippen LogP contribution in [0.5, 0.6) is 0 Å². The van der Waals surface area contributed by atoms with E-state index in [4.69, 9.17) is 23.2 Å². The minimum Gasteiger partial charge on any atom is -0.231 e. The van der Waals surface area contributed by atoms with Crippen LogP contribution in [0.2, 0.25) is 10.2 Å². The fraction of sp³-hybridized carbons (Fsp3) is 0.231. The molecule has 1 aromatic heterocycles. The fourth-order valence-corrected chi connectivity index (χ4v) is 2.69. The Hall–Kier alpha value is -0.710. The summed E-state index contributed by atoms with van der Waals surface area (Å²) in [5.41, 5.74) is 1.57. The molecule has 3 rings (SSSR count). The highest BCUT2D eigenvalue weighted by atomic mass is 79.9. The number of nitrogens with zero attached hydrogens (tertiary/aromatic N) is 2. The Morgan fingerprint density at radius 3 is 2.58 bits per heavy atom. The van der Waals surface area contributed by atoms with Gasteiger partial charge in [-0.1, -0.05) is 23.2 Å². The minimum absolute atomic E-state index is 0.0492. The Bertz CT molecular complexity index is 659. The third kappa shape index (κ3) is 2.62. The highest BCUT2D eigenvalue weighted by Crippen LogP contribution is 2.44. The van der Waals surface area contributed by atoms with E-state index in [2.05, 4.69) is 25.9 Å². The Morgan fingerprint density at radius 1 is 1.21 bits per heavy atom. The van der Waals surface area contributed by atoms with E-state index in [-0.39, 0.29) is 5.02 Å². The summed E-state index contributed by atoms with van der Waals surface area (Å²) in [6.45, 7) is 0. The molecule has 0 unspecified atom stereocenters. The summed E-state index contributed by atoms with van der Waals surface area (Å²) in [6, 6.07) is 4.40. The molecule has 0 spiro atoms. The van der Waals surface area contributed by atoms with Gasteiger partial charge in [-0.25, -0.2) is 14.4 Å². The molecule has 6 heteroatoms. The molecule has 0 amide bonds. The number of benzene rings is 1. The van der Waals surface area contributed by atoms with Crippen LogP contribution in [0, 0.1) is 5.82 Å². The van der Waals surface area contributed by atoms with Crippen molar-refractivity contribution in [3.8, 4) is 11.4 Å². The zero-order chi connectivity index (χ0) is 13.6. The van der Waals surface area contributed by atoms with Crippen LogP contribution in [-0.4, -0.2) is 9.97 Å². The summed E-state index contributed by atoms with van der Waals surface area (Å²) in [6.07, 6.45) is 2.21. The molecule has 1 fully saturated rings. The first-order chi connectivity index (χ1) is 9.06. The van der Waals surface area contributed by atoms with Crippen molar-refractivity contribution in [3.05, 3.63) is 44.4 Å². The van der Waals surface area contributed by atoms with Crippen LogP contribution >= 0.6 is 39.1 Å². The molecule has 2 aromatic rings. The Labute approximate surface area is 128 Å². The first kappa shape index (κ1) is 13.3. The summed E-state index contributed by atoms with van der Waals surface area (Å²) in [5, 5.41) is 0.417. The molecular weight excluding hydrogens is 354 g/mol. The molecule has 1 saturated carbocycles. The van der Waals surface area contributed by atoms with Crippen molar-refractivity contribution in [1.82, 2.24) is 9.97 Å². The van der Waals surface area contributed by atoms with Gasteiger partial charge in [-0.15, -0.1) is 0 Å². The van der Waals surface area contributed by atoms with Gasteiger partial charge in [-0.3, -0.25) is 0 Å². The Balaban J connectivity index is 2.11. The number of halogens is 4. The molecule has 2 nitrogen and oxygen atoms in total. The summed E-state index contributed by atoms with van der Waals surface area (Å²) >= 11 is 15.3. The number of hydrogen-bond acceptors (Lipinski definition) is 2. The maximum Gasteiger partial charge on any atom is 0.161 e. The van der Waals surface area contributed by atoms with Gasteiger partial charge in [0.05, 0.1) is 15.2 Å². The third-order valence-electron chi connectivity index (χ3n) is 2.98. The average Bonchev–Trinajstić information content (AvgIpc) is 3.20. The van der Waals surface area contributed by atoms with Crippen LogP contribution in [0.1, 0.15) is 24.5 Å². The standard InChI is InChI=1S/C13H8BrCl2FN2/c14-10-11(6-1-2-6)18-13(19-12(10)16)7-3-4-9(17)8(15)5-7/h3-6H,1-2H2. The van der Waals surface area contributed by atoms with Crippen molar-refractivity contribution in [1.29, 1.82) is 0 Å². The van der Waals surface area contributed by atoms with Gasteiger partial charge in [0, 0.05) is 11.5 Å². The van der Waals surface area contributed by atoms with Crippen LogP contribution in [-0.2, 0) is 0 Å². The van der Waals surface area contributed by atoms with Gasteiger partial charge < -0.3 is 0 Å². The van der Waals surface area contributed by atoms with Crippen LogP contribution in [0.25, 0.3) is 11.4 Å². The minimum atomic E-state index is -0.462.